The van der Waals surface area contributed by atoms with Gasteiger partial charge in [-0.2, -0.15) is 0 Å². The quantitative estimate of drug-likeness (QED) is 0.849. The molecular weight excluding hydrogens is 286 g/mol. The van der Waals surface area contributed by atoms with Crippen LogP contribution in [0.3, 0.4) is 0 Å². The average Bonchev–Trinajstić information content (AvgIpc) is 2.83. The highest BCUT2D eigenvalue weighted by atomic mass is 16.3. The minimum absolute atomic E-state index is 0.363. The van der Waals surface area contributed by atoms with E-state index in [9.17, 15) is 9.90 Å². The van der Waals surface area contributed by atoms with Gasteiger partial charge in [0.15, 0.2) is 0 Å². The third-order valence-electron chi connectivity index (χ3n) is 8.12. The number of carbonyl (C=O) groups is 1. The highest BCUT2D eigenvalue weighted by Gasteiger charge is 2.55. The molecule has 1 amide bonds. The SMILES string of the molecule is O=C(CC1C2CC3CC1CC(O)(C3)C2)N1CC2CCC(CC2)C1. The van der Waals surface area contributed by atoms with Crippen molar-refractivity contribution >= 4 is 5.91 Å². The van der Waals surface area contributed by atoms with Crippen LogP contribution in [0.25, 0.3) is 0 Å². The van der Waals surface area contributed by atoms with Gasteiger partial charge in [-0.25, -0.2) is 0 Å². The number of rotatable bonds is 2. The molecule has 2 saturated heterocycles. The Hall–Kier alpha value is -0.570. The van der Waals surface area contributed by atoms with Crippen LogP contribution in [0.1, 0.15) is 64.2 Å². The predicted molar refractivity (Wildman–Crippen MR) is 88.6 cm³/mol. The first-order valence-corrected chi connectivity index (χ1v) is 10.1. The fourth-order valence-electron chi connectivity index (χ4n) is 7.25. The normalized spacial score (nSPS) is 51.1. The summed E-state index contributed by atoms with van der Waals surface area (Å²) in [7, 11) is 0. The van der Waals surface area contributed by atoms with Crippen molar-refractivity contribution < 1.29 is 9.90 Å². The Kier molecular flexibility index (Phi) is 3.34. The van der Waals surface area contributed by atoms with E-state index in [1.807, 2.05) is 0 Å². The lowest BCUT2D eigenvalue weighted by Gasteiger charge is -2.58. The molecule has 2 atom stereocenters. The van der Waals surface area contributed by atoms with E-state index in [0.717, 1.165) is 56.5 Å². The lowest BCUT2D eigenvalue weighted by Crippen LogP contribution is -2.55. The molecule has 23 heavy (non-hydrogen) atoms. The van der Waals surface area contributed by atoms with E-state index >= 15 is 0 Å². The lowest BCUT2D eigenvalue weighted by atomic mass is 9.49. The molecule has 3 nitrogen and oxygen atoms in total. The number of hydrogen-bond donors (Lipinski definition) is 1. The summed E-state index contributed by atoms with van der Waals surface area (Å²) in [6.45, 7) is 2.06. The Morgan fingerprint density at radius 2 is 1.48 bits per heavy atom. The van der Waals surface area contributed by atoms with Gasteiger partial charge in [0, 0.05) is 19.5 Å². The molecule has 5 saturated carbocycles. The summed E-state index contributed by atoms with van der Waals surface area (Å²) in [5, 5.41) is 10.7. The Balaban J connectivity index is 1.28. The van der Waals surface area contributed by atoms with Crippen LogP contribution in [0.5, 0.6) is 0 Å². The van der Waals surface area contributed by atoms with Crippen molar-refractivity contribution in [2.75, 3.05) is 13.1 Å². The summed E-state index contributed by atoms with van der Waals surface area (Å²) in [6.07, 6.45) is 11.7. The Morgan fingerprint density at radius 3 is 2.00 bits per heavy atom. The largest absolute Gasteiger partial charge is 0.390 e. The molecule has 6 bridgehead atoms. The molecule has 2 unspecified atom stereocenters. The van der Waals surface area contributed by atoms with Gasteiger partial charge in [-0.05, 0) is 93.3 Å². The molecule has 0 spiro atoms. The molecule has 3 heteroatoms. The van der Waals surface area contributed by atoms with Crippen molar-refractivity contribution in [3.8, 4) is 0 Å². The molecule has 7 aliphatic rings. The standard InChI is InChI=1S/C20H31NO2/c22-19(21-11-13-1-2-14(12-21)4-3-13)7-18-16-5-15-6-17(18)10-20(23,8-15)9-16/h13-18,23H,1-12H2. The molecule has 7 rings (SSSR count). The zero-order valence-corrected chi connectivity index (χ0v) is 14.3. The summed E-state index contributed by atoms with van der Waals surface area (Å²) >= 11 is 0. The van der Waals surface area contributed by atoms with E-state index in [-0.39, 0.29) is 5.60 Å². The maximum absolute atomic E-state index is 13.0. The third kappa shape index (κ3) is 2.54. The van der Waals surface area contributed by atoms with Gasteiger partial charge in [-0.3, -0.25) is 4.79 Å². The monoisotopic (exact) mass is 317 g/mol. The van der Waals surface area contributed by atoms with E-state index in [1.54, 1.807) is 0 Å². The number of fused-ring (bicyclic) bond motifs is 4. The number of aliphatic hydroxyl groups is 1. The van der Waals surface area contributed by atoms with Gasteiger partial charge >= 0.3 is 0 Å². The second-order valence-electron chi connectivity index (χ2n) is 9.75. The van der Waals surface area contributed by atoms with E-state index in [0.29, 0.717) is 23.7 Å². The molecule has 0 radical (unpaired) electrons. The topological polar surface area (TPSA) is 40.5 Å². The minimum atomic E-state index is -0.363. The van der Waals surface area contributed by atoms with Crippen LogP contribution in [-0.2, 0) is 4.79 Å². The van der Waals surface area contributed by atoms with Crippen molar-refractivity contribution in [1.29, 1.82) is 0 Å². The van der Waals surface area contributed by atoms with Crippen LogP contribution < -0.4 is 0 Å². The van der Waals surface area contributed by atoms with Crippen LogP contribution in [0.15, 0.2) is 0 Å². The lowest BCUT2D eigenvalue weighted by molar-refractivity contribution is -0.161. The van der Waals surface area contributed by atoms with Gasteiger partial charge in [-0.1, -0.05) is 0 Å². The number of carbonyl (C=O) groups excluding carboxylic acids is 1. The summed E-state index contributed by atoms with van der Waals surface area (Å²) in [5.41, 5.74) is -0.363. The van der Waals surface area contributed by atoms with Gasteiger partial charge in [0.25, 0.3) is 0 Å². The molecule has 5 aliphatic carbocycles. The Bertz CT molecular complexity index is 466. The first-order chi connectivity index (χ1) is 11.1. The van der Waals surface area contributed by atoms with Crippen LogP contribution in [0, 0.1) is 35.5 Å². The minimum Gasteiger partial charge on any atom is -0.390 e. The van der Waals surface area contributed by atoms with Crippen LogP contribution in [-0.4, -0.2) is 34.6 Å². The molecule has 128 valence electrons. The summed E-state index contributed by atoms with van der Waals surface area (Å²) < 4.78 is 0. The van der Waals surface area contributed by atoms with Gasteiger partial charge in [0.1, 0.15) is 0 Å². The molecule has 0 aromatic carbocycles. The van der Waals surface area contributed by atoms with Crippen LogP contribution in [0.4, 0.5) is 0 Å². The second-order valence-corrected chi connectivity index (χ2v) is 9.75. The van der Waals surface area contributed by atoms with Gasteiger partial charge in [0.2, 0.25) is 5.91 Å². The maximum atomic E-state index is 13.0. The molecule has 2 aliphatic heterocycles. The molecule has 0 aromatic rings. The van der Waals surface area contributed by atoms with E-state index in [2.05, 4.69) is 4.90 Å². The highest BCUT2D eigenvalue weighted by Crippen LogP contribution is 2.59. The maximum Gasteiger partial charge on any atom is 0.222 e. The number of nitrogens with zero attached hydrogens (tertiary/aromatic N) is 1. The van der Waals surface area contributed by atoms with Crippen molar-refractivity contribution in [2.24, 2.45) is 35.5 Å². The molecule has 0 aromatic heterocycles. The van der Waals surface area contributed by atoms with Crippen LogP contribution in [0.2, 0.25) is 0 Å². The van der Waals surface area contributed by atoms with Crippen LogP contribution >= 0.6 is 0 Å². The first kappa shape index (κ1) is 14.7. The molecule has 1 N–H and O–H groups in total. The summed E-state index contributed by atoms with van der Waals surface area (Å²) in [6, 6.07) is 0. The van der Waals surface area contributed by atoms with Crippen molar-refractivity contribution in [3.63, 3.8) is 0 Å². The van der Waals surface area contributed by atoms with E-state index in [1.165, 1.54) is 38.5 Å². The van der Waals surface area contributed by atoms with Crippen molar-refractivity contribution in [2.45, 2.75) is 69.8 Å². The molecule has 2 heterocycles. The summed E-state index contributed by atoms with van der Waals surface area (Å²) in [5.74, 6) is 4.55. The van der Waals surface area contributed by atoms with Gasteiger partial charge in [-0.15, -0.1) is 0 Å². The van der Waals surface area contributed by atoms with Gasteiger partial charge in [0.05, 0.1) is 5.60 Å². The fraction of sp³-hybridized carbons (Fsp3) is 0.950. The Labute approximate surface area is 139 Å². The highest BCUT2D eigenvalue weighted by molar-refractivity contribution is 5.76. The van der Waals surface area contributed by atoms with Crippen molar-refractivity contribution in [3.05, 3.63) is 0 Å². The number of amides is 1. The zero-order valence-electron chi connectivity index (χ0n) is 14.3. The van der Waals surface area contributed by atoms with Crippen molar-refractivity contribution in [1.82, 2.24) is 4.90 Å². The van der Waals surface area contributed by atoms with E-state index in [4.69, 9.17) is 0 Å². The molecular formula is C20H31NO2. The smallest absolute Gasteiger partial charge is 0.222 e. The fourth-order valence-corrected chi connectivity index (χ4v) is 7.25. The third-order valence-corrected chi connectivity index (χ3v) is 8.12. The summed E-state index contributed by atoms with van der Waals surface area (Å²) in [4.78, 5) is 15.2. The second kappa shape index (κ2) is 5.21. The van der Waals surface area contributed by atoms with E-state index < -0.39 is 0 Å². The average molecular weight is 317 g/mol. The molecule has 7 fully saturated rings. The number of hydrogen-bond acceptors (Lipinski definition) is 2. The van der Waals surface area contributed by atoms with Gasteiger partial charge < -0.3 is 10.0 Å². The predicted octanol–water partition coefficient (Wildman–Crippen LogP) is 3.21. The Morgan fingerprint density at radius 1 is 0.913 bits per heavy atom. The first-order valence-electron chi connectivity index (χ1n) is 10.1. The zero-order chi connectivity index (χ0) is 15.6.